The number of para-hydroxylation sites is 1. The van der Waals surface area contributed by atoms with Gasteiger partial charge in [-0.25, -0.2) is 0 Å². The van der Waals surface area contributed by atoms with E-state index >= 15 is 0 Å². The lowest BCUT2D eigenvalue weighted by Gasteiger charge is -2.26. The van der Waals surface area contributed by atoms with Crippen molar-refractivity contribution in [3.05, 3.63) is 35.5 Å². The van der Waals surface area contributed by atoms with Gasteiger partial charge in [-0.1, -0.05) is 18.2 Å². The van der Waals surface area contributed by atoms with Crippen LogP contribution in [0.2, 0.25) is 0 Å². The van der Waals surface area contributed by atoms with Crippen molar-refractivity contribution < 1.29 is 9.53 Å². The van der Waals surface area contributed by atoms with Crippen LogP contribution in [0.3, 0.4) is 0 Å². The summed E-state index contributed by atoms with van der Waals surface area (Å²) in [6.45, 7) is 4.75. The van der Waals surface area contributed by atoms with Crippen LogP contribution in [-0.4, -0.2) is 42.1 Å². The smallest absolute Gasteiger partial charge is 0.227 e. The summed E-state index contributed by atoms with van der Waals surface area (Å²) < 4.78 is 5.28. The monoisotopic (exact) mass is 258 g/mol. The number of nitrogens with zero attached hydrogens (tertiary/aromatic N) is 1. The van der Waals surface area contributed by atoms with Gasteiger partial charge < -0.3 is 14.6 Å². The normalized spacial score (nSPS) is 15.9. The molecule has 0 unspecified atom stereocenters. The molecule has 0 atom stereocenters. The van der Waals surface area contributed by atoms with Crippen molar-refractivity contribution in [2.75, 3.05) is 26.3 Å². The standard InChI is InChI=1S/C15H18N2O2/c1-11-13(12-4-2-3-5-14(12)16-11)10-15(18)17-6-8-19-9-7-17/h2-5,16H,6-10H2,1H3. The average molecular weight is 258 g/mol. The van der Waals surface area contributed by atoms with Gasteiger partial charge in [0.1, 0.15) is 0 Å². The van der Waals surface area contributed by atoms with Gasteiger partial charge in [0.15, 0.2) is 0 Å². The first-order valence-electron chi connectivity index (χ1n) is 6.67. The van der Waals surface area contributed by atoms with Crippen LogP contribution in [0, 0.1) is 6.92 Å². The molecule has 1 fully saturated rings. The number of carbonyl (C=O) groups is 1. The molecule has 1 aromatic carbocycles. The molecule has 1 aliphatic rings. The number of carbonyl (C=O) groups excluding carboxylic acids is 1. The number of benzene rings is 1. The van der Waals surface area contributed by atoms with E-state index in [2.05, 4.69) is 11.1 Å². The van der Waals surface area contributed by atoms with E-state index in [0.717, 1.165) is 22.2 Å². The zero-order chi connectivity index (χ0) is 13.2. The largest absolute Gasteiger partial charge is 0.378 e. The predicted molar refractivity (Wildman–Crippen MR) is 74.1 cm³/mol. The molecule has 1 amide bonds. The number of H-pyrrole nitrogens is 1. The van der Waals surface area contributed by atoms with Crippen molar-refractivity contribution in [1.29, 1.82) is 0 Å². The number of hydrogen-bond acceptors (Lipinski definition) is 2. The predicted octanol–water partition coefficient (Wildman–Crippen LogP) is 1.88. The van der Waals surface area contributed by atoms with Crippen molar-refractivity contribution in [3.8, 4) is 0 Å². The van der Waals surface area contributed by atoms with Crippen LogP contribution in [0.5, 0.6) is 0 Å². The van der Waals surface area contributed by atoms with Gasteiger partial charge >= 0.3 is 0 Å². The molecule has 1 N–H and O–H groups in total. The van der Waals surface area contributed by atoms with E-state index in [9.17, 15) is 4.79 Å². The third-order valence-corrected chi connectivity index (χ3v) is 3.72. The fourth-order valence-corrected chi connectivity index (χ4v) is 2.64. The third-order valence-electron chi connectivity index (χ3n) is 3.72. The molecule has 0 spiro atoms. The SMILES string of the molecule is Cc1[nH]c2ccccc2c1CC(=O)N1CCOCC1. The van der Waals surface area contributed by atoms with Crippen LogP contribution in [0.1, 0.15) is 11.3 Å². The summed E-state index contributed by atoms with van der Waals surface area (Å²) in [5.41, 5.74) is 3.31. The molecule has 1 aromatic heterocycles. The van der Waals surface area contributed by atoms with Gasteiger partial charge in [-0.3, -0.25) is 4.79 Å². The highest BCUT2D eigenvalue weighted by Crippen LogP contribution is 2.22. The lowest BCUT2D eigenvalue weighted by Crippen LogP contribution is -2.41. The van der Waals surface area contributed by atoms with Crippen molar-refractivity contribution >= 4 is 16.8 Å². The van der Waals surface area contributed by atoms with E-state index in [-0.39, 0.29) is 5.91 Å². The summed E-state index contributed by atoms with van der Waals surface area (Å²) in [7, 11) is 0. The van der Waals surface area contributed by atoms with Crippen LogP contribution in [0.25, 0.3) is 10.9 Å². The number of rotatable bonds is 2. The molecule has 100 valence electrons. The Balaban J connectivity index is 1.84. The molecule has 0 aliphatic carbocycles. The Bertz CT molecular complexity index is 597. The molecule has 0 saturated carbocycles. The summed E-state index contributed by atoms with van der Waals surface area (Å²) in [5.74, 6) is 0.191. The van der Waals surface area contributed by atoms with Crippen molar-refractivity contribution in [1.82, 2.24) is 9.88 Å². The second-order valence-corrected chi connectivity index (χ2v) is 4.94. The Kier molecular flexibility index (Phi) is 3.25. The molecular formula is C15H18N2O2. The number of ether oxygens (including phenoxy) is 1. The summed E-state index contributed by atoms with van der Waals surface area (Å²) in [6, 6.07) is 8.13. The molecule has 1 saturated heterocycles. The van der Waals surface area contributed by atoms with Gasteiger partial charge in [0, 0.05) is 29.7 Å². The first-order valence-corrected chi connectivity index (χ1v) is 6.67. The highest BCUT2D eigenvalue weighted by molar-refractivity contribution is 5.90. The highest BCUT2D eigenvalue weighted by atomic mass is 16.5. The van der Waals surface area contributed by atoms with Gasteiger partial charge in [-0.05, 0) is 18.6 Å². The number of nitrogens with one attached hydrogen (secondary N) is 1. The number of aryl methyl sites for hydroxylation is 1. The Morgan fingerprint density at radius 1 is 1.32 bits per heavy atom. The van der Waals surface area contributed by atoms with Crippen LogP contribution < -0.4 is 0 Å². The number of aromatic amines is 1. The van der Waals surface area contributed by atoms with Crippen LogP contribution >= 0.6 is 0 Å². The van der Waals surface area contributed by atoms with Crippen LogP contribution in [0.15, 0.2) is 24.3 Å². The minimum Gasteiger partial charge on any atom is -0.378 e. The minimum atomic E-state index is 0.191. The molecule has 2 aromatic rings. The molecule has 0 radical (unpaired) electrons. The second-order valence-electron chi connectivity index (χ2n) is 4.94. The first-order chi connectivity index (χ1) is 9.25. The van der Waals surface area contributed by atoms with Crippen molar-refractivity contribution in [2.45, 2.75) is 13.3 Å². The van der Waals surface area contributed by atoms with E-state index in [4.69, 9.17) is 4.74 Å². The molecule has 0 bridgehead atoms. The number of aromatic nitrogens is 1. The topological polar surface area (TPSA) is 45.3 Å². The van der Waals surface area contributed by atoms with Crippen LogP contribution in [-0.2, 0) is 16.0 Å². The number of amides is 1. The second kappa shape index (κ2) is 5.05. The fourth-order valence-electron chi connectivity index (χ4n) is 2.64. The fraction of sp³-hybridized carbons (Fsp3) is 0.400. The molecule has 1 aliphatic heterocycles. The Morgan fingerprint density at radius 3 is 2.84 bits per heavy atom. The zero-order valence-electron chi connectivity index (χ0n) is 11.1. The maximum Gasteiger partial charge on any atom is 0.227 e. The van der Waals surface area contributed by atoms with E-state index < -0.39 is 0 Å². The highest BCUT2D eigenvalue weighted by Gasteiger charge is 2.19. The maximum absolute atomic E-state index is 12.3. The molecular weight excluding hydrogens is 240 g/mol. The number of hydrogen-bond donors (Lipinski definition) is 1. The Labute approximate surface area is 112 Å². The minimum absolute atomic E-state index is 0.191. The molecule has 19 heavy (non-hydrogen) atoms. The number of fused-ring (bicyclic) bond motifs is 1. The lowest BCUT2D eigenvalue weighted by atomic mass is 10.1. The Morgan fingerprint density at radius 2 is 2.05 bits per heavy atom. The lowest BCUT2D eigenvalue weighted by molar-refractivity contribution is -0.134. The quantitative estimate of drug-likeness (QED) is 0.894. The van der Waals surface area contributed by atoms with Gasteiger partial charge in [0.25, 0.3) is 0 Å². The van der Waals surface area contributed by atoms with E-state index in [1.807, 2.05) is 30.0 Å². The Hall–Kier alpha value is -1.81. The molecule has 3 rings (SSSR count). The molecule has 4 heteroatoms. The van der Waals surface area contributed by atoms with Crippen molar-refractivity contribution in [2.24, 2.45) is 0 Å². The molecule has 2 heterocycles. The van der Waals surface area contributed by atoms with Gasteiger partial charge in [-0.2, -0.15) is 0 Å². The first kappa shape index (κ1) is 12.2. The average Bonchev–Trinajstić information content (AvgIpc) is 2.76. The van der Waals surface area contributed by atoms with Gasteiger partial charge in [-0.15, -0.1) is 0 Å². The summed E-state index contributed by atoms with van der Waals surface area (Å²) in [5, 5.41) is 1.15. The summed E-state index contributed by atoms with van der Waals surface area (Å²) in [6.07, 6.45) is 0.468. The van der Waals surface area contributed by atoms with Gasteiger partial charge in [0.2, 0.25) is 5.91 Å². The van der Waals surface area contributed by atoms with E-state index in [0.29, 0.717) is 32.7 Å². The number of morpholine rings is 1. The maximum atomic E-state index is 12.3. The third kappa shape index (κ3) is 2.36. The van der Waals surface area contributed by atoms with Crippen molar-refractivity contribution in [3.63, 3.8) is 0 Å². The molecule has 4 nitrogen and oxygen atoms in total. The zero-order valence-corrected chi connectivity index (χ0v) is 11.1. The van der Waals surface area contributed by atoms with Crippen LogP contribution in [0.4, 0.5) is 0 Å². The summed E-state index contributed by atoms with van der Waals surface area (Å²) in [4.78, 5) is 17.6. The van der Waals surface area contributed by atoms with Gasteiger partial charge in [0.05, 0.1) is 19.6 Å². The van der Waals surface area contributed by atoms with E-state index in [1.165, 1.54) is 0 Å². The van der Waals surface area contributed by atoms with E-state index in [1.54, 1.807) is 0 Å². The summed E-state index contributed by atoms with van der Waals surface area (Å²) >= 11 is 0.